The van der Waals surface area contributed by atoms with Gasteiger partial charge in [-0.05, 0) is 0 Å². The summed E-state index contributed by atoms with van der Waals surface area (Å²) < 4.78 is 33.6. The van der Waals surface area contributed by atoms with E-state index in [-0.39, 0.29) is 6.61 Å². The maximum atomic E-state index is 11.8. The second-order valence-corrected chi connectivity index (χ2v) is 3.97. The predicted octanol–water partition coefficient (Wildman–Crippen LogP) is 2.00. The van der Waals surface area contributed by atoms with Gasteiger partial charge in [-0.3, -0.25) is 0 Å². The fourth-order valence-corrected chi connectivity index (χ4v) is 1.28. The highest BCUT2D eigenvalue weighted by Crippen LogP contribution is 2.08. The molecule has 1 N–H and O–H groups in total. The van der Waals surface area contributed by atoms with Crippen LogP contribution in [0.3, 0.4) is 0 Å². The van der Waals surface area contributed by atoms with Crippen LogP contribution in [0.2, 0.25) is 0 Å². The number of rotatable bonds is 8. The van der Waals surface area contributed by atoms with Crippen LogP contribution in [-0.2, 0) is 17.7 Å². The molecule has 98 valence electrons. The number of alkyl halides is 2. The van der Waals surface area contributed by atoms with Crippen molar-refractivity contribution in [2.24, 2.45) is 0 Å². The molecule has 0 aliphatic heterocycles. The molecule has 4 nitrogen and oxygen atoms in total. The second-order valence-electron chi connectivity index (χ2n) is 3.97. The van der Waals surface area contributed by atoms with Crippen LogP contribution in [0, 0.1) is 0 Å². The average molecular weight is 248 g/mol. The molecule has 0 aliphatic rings. The topological polar surface area (TPSA) is 47.3 Å². The number of halogens is 2. The molecule has 0 amide bonds. The lowest BCUT2D eigenvalue weighted by Gasteiger charge is -2.07. The lowest BCUT2D eigenvalue weighted by molar-refractivity contribution is 0.0176. The van der Waals surface area contributed by atoms with Gasteiger partial charge in [-0.25, -0.2) is 13.8 Å². The van der Waals surface area contributed by atoms with Crippen molar-refractivity contribution in [1.82, 2.24) is 10.3 Å². The minimum absolute atomic E-state index is 0.216. The first-order valence-electron chi connectivity index (χ1n) is 5.60. The third-order valence-corrected chi connectivity index (χ3v) is 2.12. The summed E-state index contributed by atoms with van der Waals surface area (Å²) in [6.07, 6.45) is -0.603. The third kappa shape index (κ3) is 5.74. The minimum Gasteiger partial charge on any atom is -0.448 e. The van der Waals surface area contributed by atoms with Crippen LogP contribution < -0.4 is 5.32 Å². The number of hydrogen-bond donors (Lipinski definition) is 1. The highest BCUT2D eigenvalue weighted by atomic mass is 19.3. The van der Waals surface area contributed by atoms with Gasteiger partial charge in [-0.2, -0.15) is 0 Å². The van der Waals surface area contributed by atoms with E-state index >= 15 is 0 Å². The van der Waals surface area contributed by atoms with Gasteiger partial charge >= 0.3 is 0 Å². The molecule has 0 unspecified atom stereocenters. The summed E-state index contributed by atoms with van der Waals surface area (Å²) in [5.41, 5.74) is 0.805. The average Bonchev–Trinajstić information content (AvgIpc) is 2.68. The molecule has 1 aromatic heterocycles. The molecule has 0 aliphatic carbocycles. The first-order chi connectivity index (χ1) is 8.09. The monoisotopic (exact) mass is 248 g/mol. The van der Waals surface area contributed by atoms with Crippen molar-refractivity contribution in [2.45, 2.75) is 39.3 Å². The molecule has 1 aromatic rings. The van der Waals surface area contributed by atoms with Crippen molar-refractivity contribution in [3.05, 3.63) is 17.8 Å². The van der Waals surface area contributed by atoms with E-state index in [1.807, 2.05) is 13.8 Å². The first kappa shape index (κ1) is 14.1. The summed E-state index contributed by atoms with van der Waals surface area (Å²) in [4.78, 5) is 4.07. The van der Waals surface area contributed by atoms with E-state index < -0.39 is 13.0 Å². The van der Waals surface area contributed by atoms with Crippen LogP contribution in [0.4, 0.5) is 8.78 Å². The summed E-state index contributed by atoms with van der Waals surface area (Å²) in [7, 11) is 0. The van der Waals surface area contributed by atoms with Crippen LogP contribution in [0.15, 0.2) is 10.8 Å². The number of aromatic nitrogens is 1. The molecule has 1 rings (SSSR count). The maximum absolute atomic E-state index is 11.8. The fraction of sp³-hybridized carbons (Fsp3) is 0.727. The molecule has 0 atom stereocenters. The Labute approximate surface area is 99.4 Å². The molecule has 0 fully saturated rings. The Bertz CT molecular complexity index is 316. The molecular formula is C11H18F2N2O2. The molecule has 1 heterocycles. The zero-order valence-electron chi connectivity index (χ0n) is 10.1. The SMILES string of the molecule is CC(C)NCc1ncoc1CCOCC(F)F. The predicted molar refractivity (Wildman–Crippen MR) is 59.0 cm³/mol. The molecule has 0 bridgehead atoms. The lowest BCUT2D eigenvalue weighted by atomic mass is 10.2. The van der Waals surface area contributed by atoms with E-state index in [1.54, 1.807) is 0 Å². The van der Waals surface area contributed by atoms with Crippen molar-refractivity contribution in [2.75, 3.05) is 13.2 Å². The molecular weight excluding hydrogens is 230 g/mol. The van der Waals surface area contributed by atoms with E-state index in [2.05, 4.69) is 10.3 Å². The Balaban J connectivity index is 2.30. The molecule has 0 spiro atoms. The van der Waals surface area contributed by atoms with Gasteiger partial charge in [-0.1, -0.05) is 13.8 Å². The Morgan fingerprint density at radius 3 is 2.88 bits per heavy atom. The van der Waals surface area contributed by atoms with E-state index in [9.17, 15) is 8.78 Å². The van der Waals surface area contributed by atoms with Crippen LogP contribution >= 0.6 is 0 Å². The van der Waals surface area contributed by atoms with Crippen molar-refractivity contribution >= 4 is 0 Å². The van der Waals surface area contributed by atoms with E-state index in [0.29, 0.717) is 24.8 Å². The van der Waals surface area contributed by atoms with Crippen LogP contribution in [0.1, 0.15) is 25.3 Å². The third-order valence-electron chi connectivity index (χ3n) is 2.12. The standard InChI is InChI=1S/C11H18F2N2O2/c1-8(2)14-5-9-10(17-7-15-9)3-4-16-6-11(12)13/h7-8,11,14H,3-6H2,1-2H3. The Hall–Kier alpha value is -1.01. The molecule has 0 saturated carbocycles. The van der Waals surface area contributed by atoms with Gasteiger partial charge in [0.1, 0.15) is 12.4 Å². The van der Waals surface area contributed by atoms with Gasteiger partial charge < -0.3 is 14.5 Å². The van der Waals surface area contributed by atoms with Crippen LogP contribution in [0.5, 0.6) is 0 Å². The van der Waals surface area contributed by atoms with Crippen molar-refractivity contribution < 1.29 is 17.9 Å². The van der Waals surface area contributed by atoms with Gasteiger partial charge in [0.05, 0.1) is 12.3 Å². The molecule has 0 aromatic carbocycles. The normalized spacial score (nSPS) is 11.6. The van der Waals surface area contributed by atoms with Crippen molar-refractivity contribution in [3.63, 3.8) is 0 Å². The fourth-order valence-electron chi connectivity index (χ4n) is 1.28. The minimum atomic E-state index is -2.42. The number of nitrogens with one attached hydrogen (secondary N) is 1. The van der Waals surface area contributed by atoms with Crippen molar-refractivity contribution in [3.8, 4) is 0 Å². The summed E-state index contributed by atoms with van der Waals surface area (Å²) in [5, 5.41) is 3.21. The van der Waals surface area contributed by atoms with Gasteiger partial charge in [0.2, 0.25) is 0 Å². The summed E-state index contributed by atoms with van der Waals surface area (Å²) in [5.74, 6) is 0.687. The van der Waals surface area contributed by atoms with E-state index in [0.717, 1.165) is 5.69 Å². The second kappa shape index (κ2) is 7.34. The molecule has 6 heteroatoms. The van der Waals surface area contributed by atoms with Crippen molar-refractivity contribution in [1.29, 1.82) is 0 Å². The first-order valence-corrected chi connectivity index (χ1v) is 5.60. The number of ether oxygens (including phenoxy) is 1. The van der Waals surface area contributed by atoms with Gasteiger partial charge in [0.25, 0.3) is 6.43 Å². The summed E-state index contributed by atoms with van der Waals surface area (Å²) in [6, 6.07) is 0.356. The molecule has 0 radical (unpaired) electrons. The van der Waals surface area contributed by atoms with Gasteiger partial charge in [0, 0.05) is 19.0 Å². The summed E-state index contributed by atoms with van der Waals surface area (Å²) >= 11 is 0. The molecule has 17 heavy (non-hydrogen) atoms. The van der Waals surface area contributed by atoms with Crippen LogP contribution in [0.25, 0.3) is 0 Å². The smallest absolute Gasteiger partial charge is 0.261 e. The Morgan fingerprint density at radius 2 is 2.24 bits per heavy atom. The van der Waals surface area contributed by atoms with Gasteiger partial charge in [0.15, 0.2) is 6.39 Å². The highest BCUT2D eigenvalue weighted by molar-refractivity contribution is 5.07. The Kier molecular flexibility index (Phi) is 6.07. The number of nitrogens with zero attached hydrogens (tertiary/aromatic N) is 1. The highest BCUT2D eigenvalue weighted by Gasteiger charge is 2.09. The Morgan fingerprint density at radius 1 is 1.47 bits per heavy atom. The largest absolute Gasteiger partial charge is 0.448 e. The molecule has 0 saturated heterocycles. The van der Waals surface area contributed by atoms with Gasteiger partial charge in [-0.15, -0.1) is 0 Å². The number of hydrogen-bond acceptors (Lipinski definition) is 4. The quantitative estimate of drug-likeness (QED) is 0.715. The zero-order valence-corrected chi connectivity index (χ0v) is 10.1. The van der Waals surface area contributed by atoms with E-state index in [4.69, 9.17) is 9.15 Å². The summed E-state index contributed by atoms with van der Waals surface area (Å²) in [6.45, 7) is 4.36. The maximum Gasteiger partial charge on any atom is 0.261 e. The zero-order chi connectivity index (χ0) is 12.7. The van der Waals surface area contributed by atoms with E-state index in [1.165, 1.54) is 6.39 Å². The lowest BCUT2D eigenvalue weighted by Crippen LogP contribution is -2.22. The van der Waals surface area contributed by atoms with Crippen LogP contribution in [-0.4, -0.2) is 30.7 Å². The number of oxazole rings is 1.